The van der Waals surface area contributed by atoms with Gasteiger partial charge in [-0.3, -0.25) is 10.3 Å². The SMILES string of the molecule is Cc1cccc(C(OCCO)C2(NC3CCN(CCN)CC3)Nc3ccccc3N2)n1. The fourth-order valence-corrected chi connectivity index (χ4v) is 4.55. The molecule has 0 bridgehead atoms. The van der Waals surface area contributed by atoms with Crippen molar-refractivity contribution in [3.05, 3.63) is 53.9 Å². The van der Waals surface area contributed by atoms with E-state index in [9.17, 15) is 5.11 Å². The fraction of sp³-hybridized carbons (Fsp3) is 0.522. The first-order chi connectivity index (χ1) is 15.1. The van der Waals surface area contributed by atoms with Crippen LogP contribution in [0.5, 0.6) is 0 Å². The first-order valence-corrected chi connectivity index (χ1v) is 11.1. The molecule has 1 saturated heterocycles. The number of fused-ring (bicyclic) bond motifs is 1. The van der Waals surface area contributed by atoms with Crippen LogP contribution < -0.4 is 21.7 Å². The molecule has 2 aliphatic heterocycles. The fourth-order valence-electron chi connectivity index (χ4n) is 4.55. The molecule has 0 saturated carbocycles. The standard InChI is InChI=1S/C23H34N6O2/c1-17-5-4-8-21(25-17)22(31-16-15-30)23(27-19-6-2-3-7-20(19)28-23)26-18-9-12-29(13-10-18)14-11-24/h2-8,18,22,26-28,30H,9-16,24H2,1H3. The maximum Gasteiger partial charge on any atom is 0.197 e. The Balaban J connectivity index is 1.63. The molecule has 1 aromatic heterocycles. The predicted octanol–water partition coefficient (Wildman–Crippen LogP) is 1.64. The Morgan fingerprint density at radius 1 is 1.19 bits per heavy atom. The number of nitrogens with zero attached hydrogens (tertiary/aromatic N) is 2. The van der Waals surface area contributed by atoms with Crippen molar-refractivity contribution in [2.45, 2.75) is 37.7 Å². The second-order valence-corrected chi connectivity index (χ2v) is 8.33. The molecule has 6 N–H and O–H groups in total. The van der Waals surface area contributed by atoms with Gasteiger partial charge in [-0.05, 0) is 57.1 Å². The van der Waals surface area contributed by atoms with E-state index in [1.165, 1.54) is 0 Å². The van der Waals surface area contributed by atoms with Gasteiger partial charge in [0.1, 0.15) is 0 Å². The monoisotopic (exact) mass is 426 g/mol. The third-order valence-electron chi connectivity index (χ3n) is 6.00. The number of hydrogen-bond donors (Lipinski definition) is 5. The van der Waals surface area contributed by atoms with Crippen LogP contribution in [0.15, 0.2) is 42.5 Å². The second kappa shape index (κ2) is 9.93. The Kier molecular flexibility index (Phi) is 7.04. The first kappa shape index (κ1) is 22.0. The quantitative estimate of drug-likeness (QED) is 0.412. The number of piperidine rings is 1. The lowest BCUT2D eigenvalue weighted by Crippen LogP contribution is -2.64. The normalized spacial score (nSPS) is 19.5. The molecule has 0 spiro atoms. The van der Waals surface area contributed by atoms with E-state index in [0.717, 1.165) is 55.2 Å². The smallest absolute Gasteiger partial charge is 0.197 e. The number of aliphatic hydroxyl groups excluding tert-OH is 1. The highest BCUT2D eigenvalue weighted by atomic mass is 16.5. The van der Waals surface area contributed by atoms with Crippen LogP contribution in [0.3, 0.4) is 0 Å². The lowest BCUT2D eigenvalue weighted by atomic mass is 10.0. The molecule has 4 rings (SSSR count). The van der Waals surface area contributed by atoms with Crippen LogP contribution in [0.1, 0.15) is 30.3 Å². The van der Waals surface area contributed by atoms with Crippen LogP contribution in [-0.4, -0.2) is 66.2 Å². The highest BCUT2D eigenvalue weighted by Crippen LogP contribution is 2.40. The average molecular weight is 427 g/mol. The van der Waals surface area contributed by atoms with Crippen LogP contribution >= 0.6 is 0 Å². The number of nitrogens with two attached hydrogens (primary N) is 1. The van der Waals surface area contributed by atoms with Gasteiger partial charge in [-0.25, -0.2) is 0 Å². The summed E-state index contributed by atoms with van der Waals surface area (Å²) in [4.78, 5) is 7.17. The maximum atomic E-state index is 9.50. The summed E-state index contributed by atoms with van der Waals surface area (Å²) in [6, 6.07) is 14.4. The van der Waals surface area contributed by atoms with Crippen LogP contribution in [0, 0.1) is 6.92 Å². The third-order valence-corrected chi connectivity index (χ3v) is 6.00. The minimum absolute atomic E-state index is 0.0528. The topological polar surface area (TPSA) is 108 Å². The molecule has 3 heterocycles. The van der Waals surface area contributed by atoms with Crippen molar-refractivity contribution in [2.75, 3.05) is 50.0 Å². The van der Waals surface area contributed by atoms with Gasteiger partial charge >= 0.3 is 0 Å². The third kappa shape index (κ3) is 4.99. The number of hydrogen-bond acceptors (Lipinski definition) is 8. The summed E-state index contributed by atoms with van der Waals surface area (Å²) in [5.41, 5.74) is 9.51. The largest absolute Gasteiger partial charge is 0.394 e. The molecule has 1 atom stereocenters. The summed E-state index contributed by atoms with van der Waals surface area (Å²) < 4.78 is 6.23. The van der Waals surface area contributed by atoms with E-state index in [1.54, 1.807) is 0 Å². The van der Waals surface area contributed by atoms with E-state index in [-0.39, 0.29) is 13.2 Å². The minimum atomic E-state index is -0.777. The van der Waals surface area contributed by atoms with Gasteiger partial charge in [-0.2, -0.15) is 0 Å². The molecule has 8 heteroatoms. The van der Waals surface area contributed by atoms with E-state index in [0.29, 0.717) is 12.6 Å². The summed E-state index contributed by atoms with van der Waals surface area (Å²) in [5.74, 6) is -0.777. The molecule has 2 aliphatic rings. The van der Waals surface area contributed by atoms with Crippen molar-refractivity contribution in [3.8, 4) is 0 Å². The number of pyridine rings is 1. The number of aryl methyl sites for hydroxylation is 1. The predicted molar refractivity (Wildman–Crippen MR) is 123 cm³/mol. The van der Waals surface area contributed by atoms with Crippen molar-refractivity contribution < 1.29 is 9.84 Å². The maximum absolute atomic E-state index is 9.50. The minimum Gasteiger partial charge on any atom is -0.394 e. The zero-order valence-corrected chi connectivity index (χ0v) is 18.2. The highest BCUT2D eigenvalue weighted by Gasteiger charge is 2.47. The molecular weight excluding hydrogens is 392 g/mol. The highest BCUT2D eigenvalue weighted by molar-refractivity contribution is 5.76. The molecule has 1 unspecified atom stereocenters. The van der Waals surface area contributed by atoms with Crippen molar-refractivity contribution in [1.29, 1.82) is 0 Å². The number of aromatic nitrogens is 1. The molecule has 2 aromatic rings. The number of para-hydroxylation sites is 2. The van der Waals surface area contributed by atoms with E-state index in [1.807, 2.05) is 37.3 Å². The number of rotatable bonds is 9. The van der Waals surface area contributed by atoms with Crippen LogP contribution in [-0.2, 0) is 4.74 Å². The van der Waals surface area contributed by atoms with E-state index in [2.05, 4.69) is 33.0 Å². The first-order valence-electron chi connectivity index (χ1n) is 11.1. The molecule has 1 fully saturated rings. The lowest BCUT2D eigenvalue weighted by Gasteiger charge is -2.43. The number of anilines is 2. The van der Waals surface area contributed by atoms with Gasteiger partial charge < -0.3 is 31.1 Å². The summed E-state index contributed by atoms with van der Waals surface area (Å²) in [6.45, 7) is 5.81. The van der Waals surface area contributed by atoms with Gasteiger partial charge in [0.05, 0.1) is 30.3 Å². The number of nitrogens with one attached hydrogen (secondary N) is 3. The molecule has 0 amide bonds. The Hall–Kier alpha value is -2.23. The van der Waals surface area contributed by atoms with Gasteiger partial charge in [0.25, 0.3) is 0 Å². The van der Waals surface area contributed by atoms with Crippen LogP contribution in [0.2, 0.25) is 0 Å². The molecule has 0 radical (unpaired) electrons. The second-order valence-electron chi connectivity index (χ2n) is 8.33. The molecule has 168 valence electrons. The van der Waals surface area contributed by atoms with Gasteiger partial charge in [-0.15, -0.1) is 0 Å². The lowest BCUT2D eigenvalue weighted by molar-refractivity contribution is -0.0210. The van der Waals surface area contributed by atoms with Gasteiger partial charge in [0.2, 0.25) is 0 Å². The van der Waals surface area contributed by atoms with E-state index < -0.39 is 11.9 Å². The Labute approximate surface area is 184 Å². The van der Waals surface area contributed by atoms with E-state index in [4.69, 9.17) is 15.5 Å². The Morgan fingerprint density at radius 3 is 2.52 bits per heavy atom. The molecule has 0 aliphatic carbocycles. The molecule has 1 aromatic carbocycles. The summed E-state index contributed by atoms with van der Waals surface area (Å²) in [5, 5.41) is 20.6. The number of likely N-dealkylation sites (tertiary alicyclic amines) is 1. The van der Waals surface area contributed by atoms with Crippen molar-refractivity contribution in [3.63, 3.8) is 0 Å². The van der Waals surface area contributed by atoms with Gasteiger partial charge in [0, 0.05) is 24.8 Å². The van der Waals surface area contributed by atoms with Crippen LogP contribution in [0.4, 0.5) is 11.4 Å². The summed E-state index contributed by atoms with van der Waals surface area (Å²) in [7, 11) is 0. The van der Waals surface area contributed by atoms with Crippen LogP contribution in [0.25, 0.3) is 0 Å². The Morgan fingerprint density at radius 2 is 1.90 bits per heavy atom. The number of benzene rings is 1. The zero-order chi connectivity index (χ0) is 21.7. The van der Waals surface area contributed by atoms with Crippen molar-refractivity contribution in [1.82, 2.24) is 15.2 Å². The molecule has 8 nitrogen and oxygen atoms in total. The summed E-state index contributed by atoms with van der Waals surface area (Å²) >= 11 is 0. The zero-order valence-electron chi connectivity index (χ0n) is 18.2. The molecule has 31 heavy (non-hydrogen) atoms. The van der Waals surface area contributed by atoms with Gasteiger partial charge in [-0.1, -0.05) is 18.2 Å². The molecular formula is C23H34N6O2. The van der Waals surface area contributed by atoms with Crippen molar-refractivity contribution in [2.24, 2.45) is 5.73 Å². The Bertz CT molecular complexity index is 830. The average Bonchev–Trinajstić information content (AvgIpc) is 3.14. The van der Waals surface area contributed by atoms with Gasteiger partial charge in [0.15, 0.2) is 11.9 Å². The summed E-state index contributed by atoms with van der Waals surface area (Å²) in [6.07, 6.45) is 1.60. The number of aliphatic hydroxyl groups is 1. The number of ether oxygens (including phenoxy) is 1. The van der Waals surface area contributed by atoms with Crippen molar-refractivity contribution >= 4 is 11.4 Å². The van der Waals surface area contributed by atoms with E-state index >= 15 is 0 Å².